The van der Waals surface area contributed by atoms with Crippen LogP contribution in [0.2, 0.25) is 0 Å². The zero-order chi connectivity index (χ0) is 51.8. The second-order valence-electron chi connectivity index (χ2n) is 18.4. The molecule has 0 amide bonds. The first-order valence-corrected chi connectivity index (χ1v) is 24.7. The van der Waals surface area contributed by atoms with Gasteiger partial charge in [-0.25, -0.2) is 0 Å². The van der Waals surface area contributed by atoms with Crippen LogP contribution in [0.15, 0.2) is 88.5 Å². The largest absolute Gasteiger partial charge is 1.00 e. The number of rotatable bonds is 0. The first-order chi connectivity index (χ1) is 34.7. The third kappa shape index (κ3) is 26.5. The van der Waals surface area contributed by atoms with E-state index in [0.717, 1.165) is 22.3 Å². The van der Waals surface area contributed by atoms with Crippen LogP contribution in [0.4, 0.5) is 0 Å². The molecule has 0 saturated carbocycles. The van der Waals surface area contributed by atoms with Gasteiger partial charge >= 0.3 is 34.1 Å². The molecular weight excluding hydrogens is 1200 g/mol. The van der Waals surface area contributed by atoms with Gasteiger partial charge in [0, 0.05) is 181 Å². The van der Waals surface area contributed by atoms with Crippen molar-refractivity contribution in [3.63, 3.8) is 0 Å². The van der Waals surface area contributed by atoms with Crippen LogP contribution in [0.1, 0.15) is 118 Å². The molecule has 4 aromatic rings. The Morgan fingerprint density at radius 1 is 0.282 bits per heavy atom. The van der Waals surface area contributed by atoms with Crippen LogP contribution in [-0.2, 0) is 68.3 Å². The maximum absolute atomic E-state index is 10.6. The summed E-state index contributed by atoms with van der Waals surface area (Å²) in [7, 11) is 0. The van der Waals surface area contributed by atoms with E-state index in [0.29, 0.717) is 148 Å². The van der Waals surface area contributed by atoms with E-state index in [9.17, 15) is 40.9 Å². The summed E-state index contributed by atoms with van der Waals surface area (Å²) in [5, 5.41) is 83.5. The van der Waals surface area contributed by atoms with Crippen LogP contribution >= 0.6 is 0 Å². The number of hydrogen-bond donors (Lipinski definition) is 8. The fourth-order valence-corrected chi connectivity index (χ4v) is 7.80. The first kappa shape index (κ1) is 75.3. The van der Waals surface area contributed by atoms with E-state index in [1.54, 1.807) is 49.7 Å². The number of aliphatic hydroxyl groups is 4. The minimum atomic E-state index is -0.553. The summed E-state index contributed by atoms with van der Waals surface area (Å²) >= 11 is 0. The Morgan fingerprint density at radius 2 is 0.397 bits per heavy atom. The Hall–Kier alpha value is -4.72. The standard InChI is InChI=1S/2C28H36N4O4.4Cu.2H2O/c2*1-19-11-21-15-29-7-3-25(33)5-9-31-17-23-13-20(2)14-24(28(23)36)18-32-10-6-26(34)4-8-30-16-22(12-19)27(21)35;;;;;;/h2*11-18,25-26,33-36H,3-10H2,1-2H3;;;;;2*1H2/q;;;;2*+1;;. The van der Waals surface area contributed by atoms with Crippen LogP contribution in [0.3, 0.4) is 0 Å². The van der Waals surface area contributed by atoms with Crippen molar-refractivity contribution in [2.24, 2.45) is 39.9 Å². The Morgan fingerprint density at radius 3 is 0.513 bits per heavy atom. The maximum Gasteiger partial charge on any atom is 1.00 e. The van der Waals surface area contributed by atoms with Gasteiger partial charge < -0.3 is 51.8 Å². The number of aliphatic imine (C=N–C) groups is 8. The Balaban J connectivity index is 0. The molecule has 12 N–H and O–H groups in total. The molecule has 2 radical (unpaired) electrons. The van der Waals surface area contributed by atoms with Crippen molar-refractivity contribution in [2.75, 3.05) is 52.4 Å². The average molecular weight is 1280 g/mol. The van der Waals surface area contributed by atoms with Crippen molar-refractivity contribution in [1.82, 2.24) is 0 Å². The summed E-state index contributed by atoms with van der Waals surface area (Å²) < 4.78 is 0. The summed E-state index contributed by atoms with van der Waals surface area (Å²) in [5.41, 5.74) is 8.66. The predicted octanol–water partition coefficient (Wildman–Crippen LogP) is 5.11. The van der Waals surface area contributed by atoms with Crippen LogP contribution in [0.5, 0.6) is 23.0 Å². The molecule has 0 fully saturated rings. The number of nitrogens with zero attached hydrogens (tertiary/aromatic N) is 8. The van der Waals surface area contributed by atoms with Crippen LogP contribution in [0.25, 0.3) is 0 Å². The molecule has 2 aliphatic rings. The second-order valence-corrected chi connectivity index (χ2v) is 18.4. The molecule has 0 unspecified atom stereocenters. The van der Waals surface area contributed by atoms with Crippen molar-refractivity contribution < 1.29 is 120 Å². The average Bonchev–Trinajstić information content (AvgIpc) is 3.34. The molecule has 2 aliphatic heterocycles. The number of benzene rings is 4. The monoisotopic (exact) mass is 1270 g/mol. The van der Waals surface area contributed by atoms with Gasteiger partial charge in [-0.1, -0.05) is 0 Å². The van der Waals surface area contributed by atoms with E-state index in [2.05, 4.69) is 39.9 Å². The summed E-state index contributed by atoms with van der Waals surface area (Å²) in [5.74, 6) is 0.422. The Kier molecular flexibility index (Phi) is 39.1. The fraction of sp³-hybridized carbons (Fsp3) is 0.429. The fourth-order valence-electron chi connectivity index (χ4n) is 7.80. The van der Waals surface area contributed by atoms with E-state index in [1.807, 2.05) is 76.2 Å². The van der Waals surface area contributed by atoms with E-state index in [4.69, 9.17) is 0 Å². The molecule has 0 aliphatic carbocycles. The van der Waals surface area contributed by atoms with Crippen molar-refractivity contribution in [2.45, 2.75) is 103 Å². The van der Waals surface area contributed by atoms with Gasteiger partial charge in [-0.15, -0.1) is 0 Å². The normalized spacial score (nSPS) is 18.7. The van der Waals surface area contributed by atoms with Crippen LogP contribution in [-0.4, -0.2) is 178 Å². The minimum absolute atomic E-state index is 0. The summed E-state index contributed by atoms with van der Waals surface area (Å²) in [6, 6.07) is 14.8. The second kappa shape index (κ2) is 40.5. The van der Waals surface area contributed by atoms with Gasteiger partial charge in [0.05, 0.1) is 24.4 Å². The minimum Gasteiger partial charge on any atom is -0.507 e. The smallest absolute Gasteiger partial charge is 0.507 e. The Bertz CT molecular complexity index is 2150. The molecule has 2 heterocycles. The van der Waals surface area contributed by atoms with Crippen LogP contribution in [0, 0.1) is 27.7 Å². The summed E-state index contributed by atoms with van der Waals surface area (Å²) in [4.78, 5) is 35.0. The molecular formula is C56H76Cu4N8O10+2. The van der Waals surface area contributed by atoms with Gasteiger partial charge in [0.25, 0.3) is 0 Å². The van der Waals surface area contributed by atoms with E-state index in [1.165, 1.54) is 0 Å². The molecule has 8 bridgehead atoms. The van der Waals surface area contributed by atoms with Crippen LogP contribution < -0.4 is 0 Å². The van der Waals surface area contributed by atoms with E-state index in [-0.39, 0.29) is 102 Å². The van der Waals surface area contributed by atoms with Crippen molar-refractivity contribution in [3.05, 3.63) is 115 Å². The van der Waals surface area contributed by atoms with E-state index < -0.39 is 24.4 Å². The number of hydrogen-bond acceptors (Lipinski definition) is 16. The molecule has 0 aromatic heterocycles. The molecule has 442 valence electrons. The SMILES string of the molecule is Cc1cc2c(O)c(c1)C=NCCC(O)CCN=Cc1cc(C)cc(c1O)C=NCCC(O)CCN=C2.Cc1cc2c(O)c(c1)C=NCCC(O)CCN=Cc1cc(C)cc(c1O)C=NCCC(O)CCN=C2.O.O.[Cu+].[Cu+].[Cu].[Cu]. The van der Waals surface area contributed by atoms with Gasteiger partial charge in [-0.2, -0.15) is 0 Å². The number of fused-ring (bicyclic) bond motifs is 8. The third-order valence-electron chi connectivity index (χ3n) is 11.8. The first-order valence-electron chi connectivity index (χ1n) is 24.7. The molecule has 22 heteroatoms. The topological polar surface area (TPSA) is 324 Å². The Labute approximate surface area is 500 Å². The number of aliphatic hydroxyl groups excluding tert-OH is 4. The third-order valence-corrected chi connectivity index (χ3v) is 11.8. The maximum atomic E-state index is 10.6. The number of aryl methyl sites for hydroxylation is 4. The molecule has 18 nitrogen and oxygen atoms in total. The van der Waals surface area contributed by atoms with Gasteiger partial charge in [0.1, 0.15) is 23.0 Å². The molecule has 4 aromatic carbocycles. The quantitative estimate of drug-likeness (QED) is 0.109. The number of phenols is 4. The van der Waals surface area contributed by atoms with Crippen molar-refractivity contribution in [3.8, 4) is 23.0 Å². The zero-order valence-corrected chi connectivity index (χ0v) is 48.0. The van der Waals surface area contributed by atoms with Gasteiger partial charge in [-0.3, -0.25) is 39.9 Å². The van der Waals surface area contributed by atoms with Gasteiger partial charge in [0.2, 0.25) is 0 Å². The number of phenolic OH excluding ortho intramolecular Hbond substituents is 4. The molecule has 0 atom stereocenters. The molecule has 0 spiro atoms. The summed E-state index contributed by atoms with van der Waals surface area (Å²) in [6.45, 7) is 11.1. The van der Waals surface area contributed by atoms with Crippen molar-refractivity contribution in [1.29, 1.82) is 0 Å². The molecule has 6 rings (SSSR count). The van der Waals surface area contributed by atoms with Gasteiger partial charge in [-0.05, 0) is 150 Å². The van der Waals surface area contributed by atoms with Gasteiger partial charge in [0.15, 0.2) is 0 Å². The molecule has 78 heavy (non-hydrogen) atoms. The molecule has 0 saturated heterocycles. The number of aromatic hydroxyl groups is 4. The van der Waals surface area contributed by atoms with E-state index >= 15 is 0 Å². The predicted molar refractivity (Wildman–Crippen MR) is 299 cm³/mol. The zero-order valence-electron chi connectivity index (χ0n) is 44.2. The summed E-state index contributed by atoms with van der Waals surface area (Å²) in [6.07, 6.45) is 14.5. The van der Waals surface area contributed by atoms with Crippen molar-refractivity contribution >= 4 is 49.7 Å².